The van der Waals surface area contributed by atoms with E-state index >= 15 is 0 Å². The molecular formula is C24H25N3O2S. The molecule has 1 aliphatic rings. The van der Waals surface area contributed by atoms with Crippen LogP contribution < -0.4 is 10.6 Å². The molecule has 0 unspecified atom stereocenters. The number of thiophene rings is 1. The van der Waals surface area contributed by atoms with E-state index in [1.807, 2.05) is 23.6 Å². The number of nitrogens with one attached hydrogen (secondary N) is 2. The fourth-order valence-corrected chi connectivity index (χ4v) is 3.92. The molecule has 0 atom stereocenters. The Kier molecular flexibility index (Phi) is 6.26. The highest BCUT2D eigenvalue weighted by molar-refractivity contribution is 7.12. The van der Waals surface area contributed by atoms with Gasteiger partial charge in [0.15, 0.2) is 0 Å². The minimum Gasteiger partial charge on any atom is -0.325 e. The zero-order valence-corrected chi connectivity index (χ0v) is 17.7. The molecule has 5 nitrogen and oxygen atoms in total. The molecule has 154 valence electrons. The predicted molar refractivity (Wildman–Crippen MR) is 122 cm³/mol. The number of nitrogens with zero attached hydrogens (tertiary/aromatic N) is 1. The van der Waals surface area contributed by atoms with E-state index in [1.165, 1.54) is 22.5 Å². The lowest BCUT2D eigenvalue weighted by Gasteiger charge is -2.21. The van der Waals surface area contributed by atoms with E-state index in [2.05, 4.69) is 46.7 Å². The van der Waals surface area contributed by atoms with Crippen molar-refractivity contribution in [2.24, 2.45) is 0 Å². The third-order valence-corrected chi connectivity index (χ3v) is 5.96. The predicted octanol–water partition coefficient (Wildman–Crippen LogP) is 4.91. The molecule has 0 saturated heterocycles. The molecule has 1 saturated carbocycles. The van der Waals surface area contributed by atoms with E-state index in [0.29, 0.717) is 23.2 Å². The summed E-state index contributed by atoms with van der Waals surface area (Å²) >= 11 is 1.40. The molecule has 0 spiro atoms. The van der Waals surface area contributed by atoms with Gasteiger partial charge in [0, 0.05) is 24.0 Å². The number of aryl methyl sites for hydroxylation is 1. The summed E-state index contributed by atoms with van der Waals surface area (Å²) in [6, 6.07) is 19.8. The number of carbonyl (C=O) groups is 2. The van der Waals surface area contributed by atoms with Crippen LogP contribution >= 0.6 is 11.3 Å². The number of hydrogen-bond donors (Lipinski definition) is 2. The second-order valence-electron chi connectivity index (χ2n) is 7.68. The van der Waals surface area contributed by atoms with Gasteiger partial charge in [0.1, 0.15) is 0 Å². The van der Waals surface area contributed by atoms with Crippen LogP contribution in [0.3, 0.4) is 0 Å². The van der Waals surface area contributed by atoms with Gasteiger partial charge in [0.05, 0.1) is 11.4 Å². The number of amides is 2. The topological polar surface area (TPSA) is 61.4 Å². The van der Waals surface area contributed by atoms with E-state index in [-0.39, 0.29) is 11.8 Å². The lowest BCUT2D eigenvalue weighted by molar-refractivity contribution is -0.117. The SMILES string of the molecule is Cc1ccc(CN(CC(=O)Nc2ccc(NC(=O)c3cccs3)cc2)C2CC2)cc1. The van der Waals surface area contributed by atoms with Crippen molar-refractivity contribution < 1.29 is 9.59 Å². The van der Waals surface area contributed by atoms with Crippen LogP contribution in [0.2, 0.25) is 0 Å². The summed E-state index contributed by atoms with van der Waals surface area (Å²) in [4.78, 5) is 27.6. The maximum atomic E-state index is 12.6. The average molecular weight is 420 g/mol. The van der Waals surface area contributed by atoms with Crippen LogP contribution in [0.1, 0.15) is 33.6 Å². The molecular weight excluding hydrogens is 394 g/mol. The summed E-state index contributed by atoms with van der Waals surface area (Å²) in [5.74, 6) is -0.151. The zero-order chi connectivity index (χ0) is 20.9. The van der Waals surface area contributed by atoms with Crippen LogP contribution in [-0.4, -0.2) is 29.3 Å². The van der Waals surface area contributed by atoms with Crippen molar-refractivity contribution >= 4 is 34.5 Å². The molecule has 1 aromatic heterocycles. The fraction of sp³-hybridized carbons (Fsp3) is 0.250. The van der Waals surface area contributed by atoms with Crippen LogP contribution in [0, 0.1) is 6.92 Å². The minimum absolute atomic E-state index is 0.0237. The van der Waals surface area contributed by atoms with Crippen molar-refractivity contribution in [2.75, 3.05) is 17.2 Å². The maximum absolute atomic E-state index is 12.6. The molecule has 3 aromatic rings. The summed E-state index contributed by atoms with van der Waals surface area (Å²) in [5.41, 5.74) is 3.89. The summed E-state index contributed by atoms with van der Waals surface area (Å²) in [7, 11) is 0. The number of carbonyl (C=O) groups excluding carboxylic acids is 2. The normalized spacial score (nSPS) is 13.3. The molecule has 2 aromatic carbocycles. The van der Waals surface area contributed by atoms with Gasteiger partial charge < -0.3 is 10.6 Å². The number of benzene rings is 2. The third kappa shape index (κ3) is 5.55. The summed E-state index contributed by atoms with van der Waals surface area (Å²) in [6.07, 6.45) is 2.30. The first kappa shape index (κ1) is 20.3. The van der Waals surface area contributed by atoms with Crippen LogP contribution in [0.4, 0.5) is 11.4 Å². The Balaban J connectivity index is 1.31. The third-order valence-electron chi connectivity index (χ3n) is 5.09. The van der Waals surface area contributed by atoms with Gasteiger partial charge in [-0.15, -0.1) is 11.3 Å². The molecule has 0 aliphatic heterocycles. The average Bonchev–Trinajstić information content (AvgIpc) is 3.44. The highest BCUT2D eigenvalue weighted by atomic mass is 32.1. The first-order chi connectivity index (χ1) is 14.6. The zero-order valence-electron chi connectivity index (χ0n) is 16.9. The molecule has 0 radical (unpaired) electrons. The van der Waals surface area contributed by atoms with E-state index in [9.17, 15) is 9.59 Å². The Labute approximate surface area is 180 Å². The molecule has 30 heavy (non-hydrogen) atoms. The van der Waals surface area contributed by atoms with E-state index in [0.717, 1.165) is 25.1 Å². The van der Waals surface area contributed by atoms with Crippen molar-refractivity contribution in [1.29, 1.82) is 0 Å². The molecule has 4 rings (SSSR count). The Bertz CT molecular complexity index is 994. The first-order valence-electron chi connectivity index (χ1n) is 10.1. The summed E-state index contributed by atoms with van der Waals surface area (Å²) in [6.45, 7) is 3.23. The largest absolute Gasteiger partial charge is 0.325 e. The summed E-state index contributed by atoms with van der Waals surface area (Å²) < 4.78 is 0. The van der Waals surface area contributed by atoms with Crippen molar-refractivity contribution in [3.8, 4) is 0 Å². The monoisotopic (exact) mass is 419 g/mol. The molecule has 1 heterocycles. The van der Waals surface area contributed by atoms with Crippen molar-refractivity contribution in [2.45, 2.75) is 32.4 Å². The lowest BCUT2D eigenvalue weighted by atomic mass is 10.1. The lowest BCUT2D eigenvalue weighted by Crippen LogP contribution is -2.34. The van der Waals surface area contributed by atoms with Crippen LogP contribution in [0.5, 0.6) is 0 Å². The van der Waals surface area contributed by atoms with E-state index < -0.39 is 0 Å². The van der Waals surface area contributed by atoms with Crippen LogP contribution in [0.15, 0.2) is 66.0 Å². The standard InChI is InChI=1S/C24H25N3O2S/c1-17-4-6-18(7-5-17)15-27(21-12-13-21)16-23(28)25-19-8-10-20(11-9-19)26-24(29)22-3-2-14-30-22/h2-11,14,21H,12-13,15-16H2,1H3,(H,25,28)(H,26,29). The fourth-order valence-electron chi connectivity index (χ4n) is 3.30. The highest BCUT2D eigenvalue weighted by Crippen LogP contribution is 2.28. The Morgan fingerprint density at radius 3 is 2.23 bits per heavy atom. The Hall–Kier alpha value is -2.96. The van der Waals surface area contributed by atoms with Gasteiger partial charge in [-0.05, 0) is 61.0 Å². The van der Waals surface area contributed by atoms with Crippen molar-refractivity contribution in [1.82, 2.24) is 4.90 Å². The Morgan fingerprint density at radius 1 is 0.967 bits per heavy atom. The van der Waals surface area contributed by atoms with Crippen molar-refractivity contribution in [3.05, 3.63) is 82.0 Å². The van der Waals surface area contributed by atoms with Gasteiger partial charge in [-0.3, -0.25) is 14.5 Å². The molecule has 2 N–H and O–H groups in total. The molecule has 6 heteroatoms. The van der Waals surface area contributed by atoms with Crippen LogP contribution in [-0.2, 0) is 11.3 Å². The smallest absolute Gasteiger partial charge is 0.265 e. The quantitative estimate of drug-likeness (QED) is 0.545. The van der Waals surface area contributed by atoms with E-state index in [4.69, 9.17) is 0 Å². The number of anilines is 2. The number of rotatable bonds is 8. The van der Waals surface area contributed by atoms with E-state index in [1.54, 1.807) is 18.2 Å². The van der Waals surface area contributed by atoms with Gasteiger partial charge in [0.25, 0.3) is 5.91 Å². The second-order valence-corrected chi connectivity index (χ2v) is 8.63. The van der Waals surface area contributed by atoms with Gasteiger partial charge in [-0.1, -0.05) is 35.9 Å². The van der Waals surface area contributed by atoms with Crippen LogP contribution in [0.25, 0.3) is 0 Å². The minimum atomic E-state index is -0.127. The molecule has 0 bridgehead atoms. The number of hydrogen-bond acceptors (Lipinski definition) is 4. The highest BCUT2D eigenvalue weighted by Gasteiger charge is 2.30. The molecule has 1 aliphatic carbocycles. The van der Waals surface area contributed by atoms with Gasteiger partial charge >= 0.3 is 0 Å². The van der Waals surface area contributed by atoms with Gasteiger partial charge in [0.2, 0.25) is 5.91 Å². The maximum Gasteiger partial charge on any atom is 0.265 e. The van der Waals surface area contributed by atoms with Gasteiger partial charge in [-0.2, -0.15) is 0 Å². The Morgan fingerprint density at radius 2 is 1.63 bits per heavy atom. The summed E-state index contributed by atoms with van der Waals surface area (Å²) in [5, 5.41) is 7.70. The van der Waals surface area contributed by atoms with Crippen molar-refractivity contribution in [3.63, 3.8) is 0 Å². The second kappa shape index (κ2) is 9.24. The van der Waals surface area contributed by atoms with Gasteiger partial charge in [-0.25, -0.2) is 0 Å². The molecule has 1 fully saturated rings. The first-order valence-corrected chi connectivity index (χ1v) is 11.0. The molecule has 2 amide bonds.